The molecular weight excluding hydrogens is 529 g/mol. The number of piperidine rings is 1. The molecule has 0 spiro atoms. The Bertz CT molecular complexity index is 1360. The van der Waals surface area contributed by atoms with E-state index in [1.54, 1.807) is 23.0 Å². The molecule has 0 unspecified atom stereocenters. The lowest BCUT2D eigenvalue weighted by Crippen LogP contribution is -2.54. The number of amides is 1. The van der Waals surface area contributed by atoms with E-state index in [-0.39, 0.29) is 18.2 Å². The summed E-state index contributed by atoms with van der Waals surface area (Å²) in [5.41, 5.74) is 7.30. The lowest BCUT2D eigenvalue weighted by atomic mass is 9.80. The van der Waals surface area contributed by atoms with Gasteiger partial charge >= 0.3 is 5.97 Å². The fourth-order valence-corrected chi connectivity index (χ4v) is 6.16. The number of rotatable bonds is 9. The van der Waals surface area contributed by atoms with Gasteiger partial charge in [0.15, 0.2) is 11.3 Å². The number of nitrogens with two attached hydrogens (primary N) is 1. The van der Waals surface area contributed by atoms with Crippen LogP contribution in [0.3, 0.4) is 0 Å². The molecule has 2 saturated heterocycles. The van der Waals surface area contributed by atoms with Crippen molar-refractivity contribution in [3.8, 4) is 0 Å². The highest BCUT2D eigenvalue weighted by molar-refractivity contribution is 6.35. The second-order valence-corrected chi connectivity index (χ2v) is 11.1. The third-order valence-corrected chi connectivity index (χ3v) is 8.27. The predicted octanol–water partition coefficient (Wildman–Crippen LogP) is 3.85. The van der Waals surface area contributed by atoms with Crippen LogP contribution in [-0.2, 0) is 4.79 Å². The van der Waals surface area contributed by atoms with Gasteiger partial charge in [0.2, 0.25) is 0 Å². The average molecular weight is 560 g/mol. The summed E-state index contributed by atoms with van der Waals surface area (Å²) >= 11 is 12.5. The van der Waals surface area contributed by atoms with Gasteiger partial charge in [-0.15, -0.1) is 0 Å². The molecule has 5 rings (SSSR count). The maximum atomic E-state index is 12.1. The van der Waals surface area contributed by atoms with Crippen LogP contribution in [0.1, 0.15) is 54.7 Å². The molecule has 12 heteroatoms. The van der Waals surface area contributed by atoms with Crippen molar-refractivity contribution in [3.05, 3.63) is 45.7 Å². The van der Waals surface area contributed by atoms with E-state index in [1.807, 2.05) is 13.0 Å². The third kappa shape index (κ3) is 5.43. The first-order valence-electron chi connectivity index (χ1n) is 12.9. The monoisotopic (exact) mass is 559 g/mol. The summed E-state index contributed by atoms with van der Waals surface area (Å²) in [6.45, 7) is 6.56. The highest BCUT2D eigenvalue weighted by Crippen LogP contribution is 2.35. The van der Waals surface area contributed by atoms with Crippen LogP contribution in [0.25, 0.3) is 11.2 Å². The van der Waals surface area contributed by atoms with Gasteiger partial charge in [-0.05, 0) is 68.8 Å². The van der Waals surface area contributed by atoms with Gasteiger partial charge in [0, 0.05) is 36.1 Å². The molecule has 3 aromatic rings. The standard InChI is InChI=1S/C26H31Cl2N7O3/c1-15(19-7-6-18(27)10-20(19)28)35-26-24(23(32-35)25(29)38)30-11-21(31-26)34-13-17(14-34)16-4-2-8-33(12-16)9-3-5-22(36)37/h6-7,10-11,15-17H,2-5,8-9,12-14H2,1H3,(H2,29,38)(H,36,37)/t15-,16+/m1/s1. The first-order valence-corrected chi connectivity index (χ1v) is 13.7. The fraction of sp³-hybridized carbons (Fsp3) is 0.500. The van der Waals surface area contributed by atoms with Gasteiger partial charge in [0.1, 0.15) is 11.3 Å². The smallest absolute Gasteiger partial charge is 0.303 e. The second-order valence-electron chi connectivity index (χ2n) is 10.3. The molecule has 1 amide bonds. The Hall–Kier alpha value is -2.95. The Kier molecular flexibility index (Phi) is 7.74. The van der Waals surface area contributed by atoms with Crippen LogP contribution in [-0.4, -0.2) is 74.4 Å². The van der Waals surface area contributed by atoms with E-state index in [4.69, 9.17) is 39.0 Å². The topological polar surface area (TPSA) is 130 Å². The van der Waals surface area contributed by atoms with E-state index >= 15 is 0 Å². The first kappa shape index (κ1) is 26.6. The molecule has 3 N–H and O–H groups in total. The van der Waals surface area contributed by atoms with Crippen LogP contribution in [0.4, 0.5) is 5.82 Å². The van der Waals surface area contributed by atoms with E-state index in [9.17, 15) is 9.59 Å². The largest absolute Gasteiger partial charge is 0.481 e. The zero-order chi connectivity index (χ0) is 27.0. The first-order chi connectivity index (χ1) is 18.2. The summed E-state index contributed by atoms with van der Waals surface area (Å²) < 4.78 is 1.65. The van der Waals surface area contributed by atoms with Crippen LogP contribution in [0.2, 0.25) is 10.0 Å². The van der Waals surface area contributed by atoms with Crippen LogP contribution >= 0.6 is 23.2 Å². The number of primary amides is 1. The minimum atomic E-state index is -0.735. The van der Waals surface area contributed by atoms with Crippen molar-refractivity contribution in [1.82, 2.24) is 24.6 Å². The van der Waals surface area contributed by atoms with E-state index in [1.165, 1.54) is 6.42 Å². The van der Waals surface area contributed by atoms with Gasteiger partial charge in [-0.2, -0.15) is 5.10 Å². The van der Waals surface area contributed by atoms with E-state index in [2.05, 4.69) is 19.9 Å². The fourth-order valence-electron chi connectivity index (χ4n) is 5.59. The van der Waals surface area contributed by atoms with Crippen molar-refractivity contribution in [2.45, 2.75) is 38.6 Å². The average Bonchev–Trinajstić information content (AvgIpc) is 3.22. The Morgan fingerprint density at radius 3 is 2.71 bits per heavy atom. The molecule has 2 aromatic heterocycles. The van der Waals surface area contributed by atoms with Gasteiger partial charge in [-0.25, -0.2) is 14.6 Å². The van der Waals surface area contributed by atoms with Gasteiger partial charge in [-0.3, -0.25) is 9.59 Å². The Morgan fingerprint density at radius 1 is 1.21 bits per heavy atom. The van der Waals surface area contributed by atoms with Gasteiger partial charge in [-0.1, -0.05) is 29.3 Å². The number of carboxylic acid groups (broad SMARTS) is 1. The summed E-state index contributed by atoms with van der Waals surface area (Å²) in [5.74, 6) is 0.461. The molecule has 10 nitrogen and oxygen atoms in total. The van der Waals surface area contributed by atoms with Crippen molar-refractivity contribution in [2.24, 2.45) is 17.6 Å². The maximum Gasteiger partial charge on any atom is 0.303 e. The molecule has 0 radical (unpaired) electrons. The zero-order valence-corrected chi connectivity index (χ0v) is 22.7. The molecule has 202 valence electrons. The van der Waals surface area contributed by atoms with E-state index < -0.39 is 11.9 Å². The number of likely N-dealkylation sites (tertiary alicyclic amines) is 1. The molecule has 2 aliphatic heterocycles. The van der Waals surface area contributed by atoms with E-state index in [0.29, 0.717) is 39.5 Å². The summed E-state index contributed by atoms with van der Waals surface area (Å²) in [6, 6.07) is 4.93. The number of anilines is 1. The number of hydrogen-bond acceptors (Lipinski definition) is 7. The van der Waals surface area contributed by atoms with Crippen molar-refractivity contribution in [2.75, 3.05) is 37.6 Å². The van der Waals surface area contributed by atoms with Gasteiger partial charge in [0.25, 0.3) is 5.91 Å². The molecule has 38 heavy (non-hydrogen) atoms. The molecule has 0 saturated carbocycles. The Labute approximate surface area is 230 Å². The van der Waals surface area contributed by atoms with Crippen LogP contribution in [0.5, 0.6) is 0 Å². The van der Waals surface area contributed by atoms with Crippen LogP contribution < -0.4 is 10.6 Å². The van der Waals surface area contributed by atoms with Crippen molar-refractivity contribution in [1.29, 1.82) is 0 Å². The molecule has 4 heterocycles. The molecule has 1 aromatic carbocycles. The quantitative estimate of drug-likeness (QED) is 0.404. The van der Waals surface area contributed by atoms with E-state index in [0.717, 1.165) is 50.5 Å². The molecule has 2 aliphatic rings. The Balaban J connectivity index is 1.32. The maximum absolute atomic E-state index is 12.1. The van der Waals surface area contributed by atoms with Gasteiger partial charge in [0.05, 0.1) is 12.2 Å². The molecule has 0 aliphatic carbocycles. The normalized spacial score (nSPS) is 19.4. The third-order valence-electron chi connectivity index (χ3n) is 7.71. The molecule has 2 atom stereocenters. The molecular formula is C26H31Cl2N7O3. The highest BCUT2D eigenvalue weighted by atomic mass is 35.5. The summed E-state index contributed by atoms with van der Waals surface area (Å²) in [6.07, 6.45) is 4.91. The van der Waals surface area contributed by atoms with Crippen molar-refractivity contribution in [3.63, 3.8) is 0 Å². The molecule has 2 fully saturated rings. The number of carbonyl (C=O) groups excluding carboxylic acids is 1. The SMILES string of the molecule is C[C@H](c1ccc(Cl)cc1Cl)n1nc(C(N)=O)c2ncc(N3CC([C@H]4CCCN(CCCC(=O)O)C4)C3)nc21. The zero-order valence-electron chi connectivity index (χ0n) is 21.2. The lowest BCUT2D eigenvalue weighted by molar-refractivity contribution is -0.137. The minimum Gasteiger partial charge on any atom is -0.481 e. The second kappa shape index (κ2) is 11.0. The number of hydrogen-bond donors (Lipinski definition) is 2. The number of carboxylic acids is 1. The summed E-state index contributed by atoms with van der Waals surface area (Å²) in [4.78, 5) is 37.0. The minimum absolute atomic E-state index is 0.0719. The number of halogens is 2. The number of fused-ring (bicyclic) bond motifs is 1. The predicted molar refractivity (Wildman–Crippen MR) is 146 cm³/mol. The van der Waals surface area contributed by atoms with Crippen LogP contribution in [0, 0.1) is 11.8 Å². The summed E-state index contributed by atoms with van der Waals surface area (Å²) in [7, 11) is 0. The number of aliphatic carboxylic acids is 1. The number of nitrogens with zero attached hydrogens (tertiary/aromatic N) is 6. The lowest BCUT2D eigenvalue weighted by Gasteiger charge is -2.47. The number of carbonyl (C=O) groups is 2. The van der Waals surface area contributed by atoms with Crippen molar-refractivity contribution >= 4 is 52.1 Å². The molecule has 0 bridgehead atoms. The number of aromatic nitrogens is 4. The highest BCUT2D eigenvalue weighted by Gasteiger charge is 2.37. The van der Waals surface area contributed by atoms with Crippen LogP contribution in [0.15, 0.2) is 24.4 Å². The number of benzene rings is 1. The van der Waals surface area contributed by atoms with Crippen molar-refractivity contribution < 1.29 is 14.7 Å². The van der Waals surface area contributed by atoms with Gasteiger partial charge < -0.3 is 20.6 Å². The summed E-state index contributed by atoms with van der Waals surface area (Å²) in [5, 5.41) is 14.4. The Morgan fingerprint density at radius 2 is 2.00 bits per heavy atom.